The number of amides is 3. The molecule has 1 saturated heterocycles. The van der Waals surface area contributed by atoms with Crippen LogP contribution < -0.4 is 0 Å². The molecule has 2 heterocycles. The third kappa shape index (κ3) is 3.99. The van der Waals surface area contributed by atoms with Gasteiger partial charge >= 0.3 is 0 Å². The van der Waals surface area contributed by atoms with E-state index in [0.29, 0.717) is 31.7 Å². The van der Waals surface area contributed by atoms with Crippen molar-refractivity contribution in [1.82, 2.24) is 14.7 Å². The minimum atomic E-state index is -0.305. The van der Waals surface area contributed by atoms with Crippen LogP contribution in [0.15, 0.2) is 60.8 Å². The van der Waals surface area contributed by atoms with Gasteiger partial charge in [0.25, 0.3) is 5.91 Å². The van der Waals surface area contributed by atoms with Crippen molar-refractivity contribution in [1.29, 1.82) is 0 Å². The lowest BCUT2D eigenvalue weighted by Gasteiger charge is -2.37. The summed E-state index contributed by atoms with van der Waals surface area (Å²) in [5.74, 6) is -0.0863. The molecule has 2 aromatic carbocycles. The van der Waals surface area contributed by atoms with Crippen LogP contribution in [0.4, 0.5) is 0 Å². The summed E-state index contributed by atoms with van der Waals surface area (Å²) in [7, 11) is 0. The predicted octanol–water partition coefficient (Wildman–Crippen LogP) is 2.94. The topological polar surface area (TPSA) is 60.9 Å². The zero-order chi connectivity index (χ0) is 21.1. The Morgan fingerprint density at radius 1 is 0.867 bits per heavy atom. The molecule has 4 rings (SSSR count). The number of rotatable bonds is 3. The fraction of sp³-hybridized carbons (Fsp3) is 0.292. The SMILES string of the molecule is CC(=O)N1C=Cc2ccccc2C1CC(=O)N1CCN(C(=O)c2ccccc2)CC1. The molecule has 6 nitrogen and oxygen atoms in total. The van der Waals surface area contributed by atoms with Crippen molar-refractivity contribution in [2.24, 2.45) is 0 Å². The van der Waals surface area contributed by atoms with Crippen LogP contribution >= 0.6 is 0 Å². The van der Waals surface area contributed by atoms with Gasteiger partial charge in [-0.15, -0.1) is 0 Å². The monoisotopic (exact) mass is 403 g/mol. The molecule has 2 aliphatic heterocycles. The molecule has 0 spiro atoms. The molecule has 1 atom stereocenters. The molecule has 0 saturated carbocycles. The maximum atomic E-state index is 13.1. The second kappa shape index (κ2) is 8.53. The van der Waals surface area contributed by atoms with Gasteiger partial charge in [-0.3, -0.25) is 14.4 Å². The average Bonchev–Trinajstić information content (AvgIpc) is 2.79. The summed E-state index contributed by atoms with van der Waals surface area (Å²) in [4.78, 5) is 43.0. The first-order valence-corrected chi connectivity index (χ1v) is 10.2. The summed E-state index contributed by atoms with van der Waals surface area (Å²) in [5, 5.41) is 0. The summed E-state index contributed by atoms with van der Waals surface area (Å²) in [6.07, 6.45) is 3.90. The summed E-state index contributed by atoms with van der Waals surface area (Å²) in [6, 6.07) is 16.8. The van der Waals surface area contributed by atoms with Gasteiger partial charge in [0.05, 0.1) is 12.5 Å². The molecular formula is C24H25N3O3. The molecule has 0 aliphatic carbocycles. The number of carbonyl (C=O) groups is 3. The Morgan fingerprint density at radius 3 is 2.20 bits per heavy atom. The van der Waals surface area contributed by atoms with Crippen molar-refractivity contribution in [3.63, 3.8) is 0 Å². The summed E-state index contributed by atoms with van der Waals surface area (Å²) in [6.45, 7) is 3.54. The molecular weight excluding hydrogens is 378 g/mol. The number of hydrogen-bond donors (Lipinski definition) is 0. The van der Waals surface area contributed by atoms with Crippen molar-refractivity contribution >= 4 is 23.8 Å². The normalized spacial score (nSPS) is 18.2. The van der Waals surface area contributed by atoms with Crippen molar-refractivity contribution in [2.75, 3.05) is 26.2 Å². The summed E-state index contributed by atoms with van der Waals surface area (Å²) in [5.41, 5.74) is 2.69. The quantitative estimate of drug-likeness (QED) is 0.792. The van der Waals surface area contributed by atoms with Crippen LogP contribution in [0.1, 0.15) is 40.9 Å². The number of nitrogens with zero attached hydrogens (tertiary/aromatic N) is 3. The smallest absolute Gasteiger partial charge is 0.253 e. The van der Waals surface area contributed by atoms with Gasteiger partial charge in [0.15, 0.2) is 0 Å². The predicted molar refractivity (Wildman–Crippen MR) is 114 cm³/mol. The number of carbonyl (C=O) groups excluding carboxylic acids is 3. The van der Waals surface area contributed by atoms with Gasteiger partial charge in [-0.2, -0.15) is 0 Å². The second-order valence-electron chi connectivity index (χ2n) is 7.63. The standard InChI is InChI=1S/C24H25N3O3/c1-18(28)27-12-11-19-7-5-6-10-21(19)22(27)17-23(29)25-13-15-26(16-14-25)24(30)20-8-3-2-4-9-20/h2-12,22H,13-17H2,1H3. The number of benzene rings is 2. The Kier molecular flexibility index (Phi) is 5.65. The fourth-order valence-electron chi connectivity index (χ4n) is 4.13. The zero-order valence-electron chi connectivity index (χ0n) is 17.0. The lowest BCUT2D eigenvalue weighted by atomic mass is 9.93. The van der Waals surface area contributed by atoms with Crippen LogP contribution in [0, 0.1) is 0 Å². The van der Waals surface area contributed by atoms with Gasteiger partial charge in [-0.1, -0.05) is 42.5 Å². The van der Waals surface area contributed by atoms with E-state index in [1.165, 1.54) is 6.92 Å². The summed E-state index contributed by atoms with van der Waals surface area (Å²) < 4.78 is 0. The first kappa shape index (κ1) is 19.9. The molecule has 2 aromatic rings. The molecule has 0 aromatic heterocycles. The van der Waals surface area contributed by atoms with E-state index >= 15 is 0 Å². The zero-order valence-corrected chi connectivity index (χ0v) is 17.0. The highest BCUT2D eigenvalue weighted by Gasteiger charge is 2.31. The minimum absolute atomic E-state index is 0.00293. The molecule has 0 N–H and O–H groups in total. The number of fused-ring (bicyclic) bond motifs is 1. The van der Waals surface area contributed by atoms with E-state index in [4.69, 9.17) is 0 Å². The third-order valence-electron chi connectivity index (χ3n) is 5.78. The van der Waals surface area contributed by atoms with E-state index < -0.39 is 0 Å². The van der Waals surface area contributed by atoms with Crippen LogP contribution in [0.3, 0.4) is 0 Å². The van der Waals surface area contributed by atoms with Crippen LogP contribution in [0.25, 0.3) is 6.08 Å². The van der Waals surface area contributed by atoms with Crippen LogP contribution in [0.5, 0.6) is 0 Å². The van der Waals surface area contributed by atoms with Gasteiger partial charge in [0.1, 0.15) is 0 Å². The van der Waals surface area contributed by atoms with Gasteiger partial charge in [-0.05, 0) is 29.3 Å². The van der Waals surface area contributed by atoms with Crippen LogP contribution in [0.2, 0.25) is 0 Å². The van der Waals surface area contributed by atoms with Crippen LogP contribution in [-0.2, 0) is 9.59 Å². The van der Waals surface area contributed by atoms with Crippen LogP contribution in [-0.4, -0.2) is 58.6 Å². The van der Waals surface area contributed by atoms with Crippen molar-refractivity contribution < 1.29 is 14.4 Å². The highest BCUT2D eigenvalue weighted by Crippen LogP contribution is 2.33. The van der Waals surface area contributed by atoms with E-state index in [-0.39, 0.29) is 30.2 Å². The minimum Gasteiger partial charge on any atom is -0.339 e. The fourth-order valence-corrected chi connectivity index (χ4v) is 4.13. The highest BCUT2D eigenvalue weighted by atomic mass is 16.2. The van der Waals surface area contributed by atoms with E-state index in [1.54, 1.807) is 20.9 Å². The molecule has 154 valence electrons. The van der Waals surface area contributed by atoms with Crippen molar-refractivity contribution in [3.05, 3.63) is 77.5 Å². The third-order valence-corrected chi connectivity index (χ3v) is 5.78. The Morgan fingerprint density at radius 2 is 1.50 bits per heavy atom. The molecule has 2 aliphatic rings. The largest absolute Gasteiger partial charge is 0.339 e. The average molecular weight is 403 g/mol. The van der Waals surface area contributed by atoms with Gasteiger partial charge < -0.3 is 14.7 Å². The Labute approximate surface area is 176 Å². The van der Waals surface area contributed by atoms with Gasteiger partial charge in [0, 0.05) is 44.9 Å². The lowest BCUT2D eigenvalue weighted by molar-refractivity contribution is -0.135. The van der Waals surface area contributed by atoms with E-state index in [1.807, 2.05) is 60.7 Å². The molecule has 1 unspecified atom stereocenters. The molecule has 0 radical (unpaired) electrons. The van der Waals surface area contributed by atoms with E-state index in [0.717, 1.165) is 11.1 Å². The van der Waals surface area contributed by atoms with Crippen molar-refractivity contribution in [3.8, 4) is 0 Å². The first-order valence-electron chi connectivity index (χ1n) is 10.2. The lowest BCUT2D eigenvalue weighted by Crippen LogP contribution is -2.51. The maximum absolute atomic E-state index is 13.1. The Balaban J connectivity index is 1.41. The van der Waals surface area contributed by atoms with Gasteiger partial charge in [-0.25, -0.2) is 0 Å². The molecule has 6 heteroatoms. The van der Waals surface area contributed by atoms with Gasteiger partial charge in [0.2, 0.25) is 11.8 Å². The highest BCUT2D eigenvalue weighted by molar-refractivity contribution is 5.94. The Bertz CT molecular complexity index is 978. The second-order valence-corrected chi connectivity index (χ2v) is 7.63. The number of hydrogen-bond acceptors (Lipinski definition) is 3. The molecule has 1 fully saturated rings. The first-order chi connectivity index (χ1) is 14.5. The Hall–Kier alpha value is -3.41. The molecule has 3 amide bonds. The number of piperazine rings is 1. The molecule has 30 heavy (non-hydrogen) atoms. The van der Waals surface area contributed by atoms with Crippen molar-refractivity contribution in [2.45, 2.75) is 19.4 Å². The van der Waals surface area contributed by atoms with E-state index in [2.05, 4.69) is 0 Å². The molecule has 0 bridgehead atoms. The summed E-state index contributed by atoms with van der Waals surface area (Å²) >= 11 is 0. The maximum Gasteiger partial charge on any atom is 0.253 e. The van der Waals surface area contributed by atoms with E-state index in [9.17, 15) is 14.4 Å².